The molecule has 0 radical (unpaired) electrons. The van der Waals surface area contributed by atoms with E-state index in [4.69, 9.17) is 10.5 Å². The minimum Gasteiger partial charge on any atom is -0.465 e. The SMILES string of the molecule is CCSNCC(=O)OCCCCCN. The van der Waals surface area contributed by atoms with Gasteiger partial charge in [-0.2, -0.15) is 0 Å². The number of carbonyl (C=O) groups excluding carboxylic acids is 1. The Kier molecular flexibility index (Phi) is 10.6. The zero-order chi connectivity index (χ0) is 10.6. The molecule has 0 amide bonds. The zero-order valence-electron chi connectivity index (χ0n) is 8.75. The van der Waals surface area contributed by atoms with E-state index in [1.54, 1.807) is 0 Å². The molecule has 0 aromatic rings. The van der Waals surface area contributed by atoms with Crippen LogP contribution in [0, 0.1) is 0 Å². The lowest BCUT2D eigenvalue weighted by molar-refractivity contribution is -0.142. The van der Waals surface area contributed by atoms with Crippen molar-refractivity contribution in [2.24, 2.45) is 5.73 Å². The maximum atomic E-state index is 11.0. The van der Waals surface area contributed by atoms with Gasteiger partial charge in [0.1, 0.15) is 6.54 Å². The smallest absolute Gasteiger partial charge is 0.320 e. The summed E-state index contributed by atoms with van der Waals surface area (Å²) >= 11 is 1.52. The predicted octanol–water partition coefficient (Wildman–Crippen LogP) is 0.916. The Morgan fingerprint density at radius 2 is 2.21 bits per heavy atom. The molecule has 3 N–H and O–H groups in total. The van der Waals surface area contributed by atoms with Gasteiger partial charge < -0.3 is 10.5 Å². The van der Waals surface area contributed by atoms with E-state index >= 15 is 0 Å². The molecular weight excluding hydrogens is 200 g/mol. The molecule has 0 fully saturated rings. The molecule has 0 aromatic carbocycles. The molecule has 0 unspecified atom stereocenters. The van der Waals surface area contributed by atoms with Crippen LogP contribution in [0.15, 0.2) is 0 Å². The standard InChI is InChI=1S/C9H20N2O2S/c1-2-14-11-8-9(12)13-7-5-3-4-6-10/h11H,2-8,10H2,1H3. The molecule has 0 saturated heterocycles. The van der Waals surface area contributed by atoms with Crippen LogP contribution in [0.2, 0.25) is 0 Å². The molecule has 5 heteroatoms. The van der Waals surface area contributed by atoms with Crippen molar-refractivity contribution < 1.29 is 9.53 Å². The van der Waals surface area contributed by atoms with E-state index in [0.717, 1.165) is 25.0 Å². The first-order valence-corrected chi connectivity index (χ1v) is 6.00. The van der Waals surface area contributed by atoms with E-state index in [1.165, 1.54) is 11.9 Å². The van der Waals surface area contributed by atoms with Gasteiger partial charge in [0.25, 0.3) is 0 Å². The summed E-state index contributed by atoms with van der Waals surface area (Å²) in [4.78, 5) is 11.0. The van der Waals surface area contributed by atoms with E-state index in [2.05, 4.69) is 4.72 Å². The highest BCUT2D eigenvalue weighted by Gasteiger charge is 2.00. The largest absolute Gasteiger partial charge is 0.465 e. The summed E-state index contributed by atoms with van der Waals surface area (Å²) in [6.45, 7) is 3.53. The Hall–Kier alpha value is -0.260. The maximum absolute atomic E-state index is 11.0. The van der Waals surface area contributed by atoms with E-state index in [1.807, 2.05) is 6.92 Å². The number of unbranched alkanes of at least 4 members (excludes halogenated alkanes) is 2. The monoisotopic (exact) mass is 220 g/mol. The molecule has 0 aliphatic rings. The van der Waals surface area contributed by atoms with Gasteiger partial charge in [-0.25, -0.2) is 0 Å². The van der Waals surface area contributed by atoms with E-state index in [9.17, 15) is 4.79 Å². The molecule has 0 atom stereocenters. The second-order valence-electron chi connectivity index (χ2n) is 2.82. The average Bonchev–Trinajstić information content (AvgIpc) is 2.18. The first kappa shape index (κ1) is 13.7. The van der Waals surface area contributed by atoms with Crippen molar-refractivity contribution >= 4 is 17.9 Å². The number of nitrogens with one attached hydrogen (secondary N) is 1. The molecule has 0 aliphatic carbocycles. The van der Waals surface area contributed by atoms with Crippen molar-refractivity contribution in [3.63, 3.8) is 0 Å². The third-order valence-corrected chi connectivity index (χ3v) is 2.21. The first-order valence-electron chi connectivity index (χ1n) is 5.01. The van der Waals surface area contributed by atoms with Crippen LogP contribution in [-0.2, 0) is 9.53 Å². The predicted molar refractivity (Wildman–Crippen MR) is 60.0 cm³/mol. The van der Waals surface area contributed by atoms with Crippen LogP contribution in [0.1, 0.15) is 26.2 Å². The van der Waals surface area contributed by atoms with Crippen LogP contribution in [0.25, 0.3) is 0 Å². The molecule has 0 bridgehead atoms. The van der Waals surface area contributed by atoms with Gasteiger partial charge in [0.05, 0.1) is 6.61 Å². The number of nitrogens with two attached hydrogens (primary N) is 1. The zero-order valence-corrected chi connectivity index (χ0v) is 9.57. The third-order valence-electron chi connectivity index (χ3n) is 1.57. The molecule has 0 spiro atoms. The molecule has 84 valence electrons. The fraction of sp³-hybridized carbons (Fsp3) is 0.889. The van der Waals surface area contributed by atoms with Crippen LogP contribution in [0.5, 0.6) is 0 Å². The van der Waals surface area contributed by atoms with Crippen LogP contribution in [0.4, 0.5) is 0 Å². The van der Waals surface area contributed by atoms with Crippen molar-refractivity contribution in [3.05, 3.63) is 0 Å². The summed E-state index contributed by atoms with van der Waals surface area (Å²) in [6.07, 6.45) is 2.94. The average molecular weight is 220 g/mol. The van der Waals surface area contributed by atoms with Gasteiger partial charge in [-0.15, -0.1) is 0 Å². The van der Waals surface area contributed by atoms with Gasteiger partial charge in [-0.05, 0) is 25.8 Å². The molecule has 0 heterocycles. The number of rotatable bonds is 9. The Labute approximate surface area is 90.1 Å². The summed E-state index contributed by atoms with van der Waals surface area (Å²) < 4.78 is 7.89. The van der Waals surface area contributed by atoms with Crippen molar-refractivity contribution in [1.29, 1.82) is 0 Å². The van der Waals surface area contributed by atoms with Gasteiger partial charge >= 0.3 is 5.97 Å². The van der Waals surface area contributed by atoms with Gasteiger partial charge in [0.2, 0.25) is 0 Å². The van der Waals surface area contributed by atoms with E-state index in [0.29, 0.717) is 13.2 Å². The molecule has 14 heavy (non-hydrogen) atoms. The third kappa shape index (κ3) is 9.83. The van der Waals surface area contributed by atoms with Gasteiger partial charge in [0.15, 0.2) is 0 Å². The summed E-state index contributed by atoms with van der Waals surface area (Å²) in [5, 5.41) is 0. The Bertz CT molecular complexity index is 145. The molecule has 0 aliphatic heterocycles. The summed E-state index contributed by atoms with van der Waals surface area (Å²) in [5.41, 5.74) is 5.33. The van der Waals surface area contributed by atoms with Crippen molar-refractivity contribution in [2.75, 3.05) is 25.4 Å². The van der Waals surface area contributed by atoms with Gasteiger partial charge in [-0.3, -0.25) is 9.52 Å². The lowest BCUT2D eigenvalue weighted by atomic mass is 10.2. The fourth-order valence-electron chi connectivity index (χ4n) is 0.872. The summed E-state index contributed by atoms with van der Waals surface area (Å²) in [6, 6.07) is 0. The number of carbonyl (C=O) groups is 1. The van der Waals surface area contributed by atoms with E-state index in [-0.39, 0.29) is 12.5 Å². The lowest BCUT2D eigenvalue weighted by Crippen LogP contribution is -2.20. The highest BCUT2D eigenvalue weighted by Crippen LogP contribution is 1.95. The van der Waals surface area contributed by atoms with Crippen LogP contribution >= 0.6 is 11.9 Å². The molecular formula is C9H20N2O2S. The maximum Gasteiger partial charge on any atom is 0.320 e. The molecule has 0 rings (SSSR count). The summed E-state index contributed by atoms with van der Waals surface area (Å²) in [7, 11) is 0. The number of esters is 1. The summed E-state index contributed by atoms with van der Waals surface area (Å²) in [5.74, 6) is 0.766. The number of ether oxygens (including phenoxy) is 1. The molecule has 0 saturated carbocycles. The number of hydrogen-bond acceptors (Lipinski definition) is 5. The highest BCUT2D eigenvalue weighted by molar-refractivity contribution is 7.97. The minimum absolute atomic E-state index is 0.182. The molecule has 0 aromatic heterocycles. The fourth-order valence-corrected chi connectivity index (χ4v) is 1.30. The lowest BCUT2D eigenvalue weighted by Gasteiger charge is -2.04. The van der Waals surface area contributed by atoms with Crippen LogP contribution < -0.4 is 10.5 Å². The second-order valence-corrected chi connectivity index (χ2v) is 3.98. The second kappa shape index (κ2) is 10.8. The normalized spacial score (nSPS) is 10.1. The Morgan fingerprint density at radius 1 is 1.43 bits per heavy atom. The van der Waals surface area contributed by atoms with Gasteiger partial charge in [-0.1, -0.05) is 18.9 Å². The molecule has 4 nitrogen and oxygen atoms in total. The highest BCUT2D eigenvalue weighted by atomic mass is 32.2. The quantitative estimate of drug-likeness (QED) is 0.343. The minimum atomic E-state index is -0.182. The Balaban J connectivity index is 3.10. The number of hydrogen-bond donors (Lipinski definition) is 2. The van der Waals surface area contributed by atoms with Crippen LogP contribution in [-0.4, -0.2) is 31.4 Å². The van der Waals surface area contributed by atoms with Crippen LogP contribution in [0.3, 0.4) is 0 Å². The van der Waals surface area contributed by atoms with Crippen molar-refractivity contribution in [1.82, 2.24) is 4.72 Å². The van der Waals surface area contributed by atoms with Crippen molar-refractivity contribution in [3.8, 4) is 0 Å². The van der Waals surface area contributed by atoms with Crippen molar-refractivity contribution in [2.45, 2.75) is 26.2 Å². The van der Waals surface area contributed by atoms with E-state index < -0.39 is 0 Å². The first-order chi connectivity index (χ1) is 6.81. The van der Waals surface area contributed by atoms with Gasteiger partial charge in [0, 0.05) is 5.75 Å². The topological polar surface area (TPSA) is 64.3 Å². The Morgan fingerprint density at radius 3 is 2.86 bits per heavy atom.